The van der Waals surface area contributed by atoms with E-state index < -0.39 is 0 Å². The maximum atomic E-state index is 8.61. The molecule has 1 heterocycles. The third-order valence-corrected chi connectivity index (χ3v) is 2.58. The zero-order chi connectivity index (χ0) is 10.1. The average Bonchev–Trinajstić information content (AvgIpc) is 2.49. The first-order valence-corrected chi connectivity index (χ1v) is 4.80. The summed E-state index contributed by atoms with van der Waals surface area (Å²) in [7, 11) is 0. The molecule has 2 nitrogen and oxygen atoms in total. The molecule has 0 aliphatic carbocycles. The molecule has 0 bridgehead atoms. The first-order chi connectivity index (χ1) is 6.72. The third-order valence-electron chi connectivity index (χ3n) is 2.06. The highest BCUT2D eigenvalue weighted by atomic mass is 35.5. The molecule has 2 rings (SSSR count). The van der Waals surface area contributed by atoms with Gasteiger partial charge in [-0.25, -0.2) is 0 Å². The van der Waals surface area contributed by atoms with Gasteiger partial charge in [-0.3, -0.25) is 0 Å². The van der Waals surface area contributed by atoms with Crippen molar-refractivity contribution in [3.05, 3.63) is 33.9 Å². The Bertz CT molecular complexity index is 523. The first kappa shape index (κ1) is 9.39. The third kappa shape index (κ3) is 1.45. The highest BCUT2D eigenvalue weighted by Gasteiger charge is 2.07. The van der Waals surface area contributed by atoms with Gasteiger partial charge in [0.15, 0.2) is 0 Å². The van der Waals surface area contributed by atoms with Crippen LogP contribution in [0.3, 0.4) is 0 Å². The topological polar surface area (TPSA) is 39.6 Å². The maximum absolute atomic E-state index is 8.61. The van der Waals surface area contributed by atoms with Gasteiger partial charge in [0.25, 0.3) is 0 Å². The number of nitrogens with zero attached hydrogens (tertiary/aromatic N) is 1. The molecule has 0 spiro atoms. The van der Waals surface area contributed by atoms with Crippen molar-refractivity contribution in [3.63, 3.8) is 0 Å². The van der Waals surface area contributed by atoms with E-state index in [-0.39, 0.29) is 0 Å². The van der Waals surface area contributed by atoms with Gasteiger partial charge in [0.1, 0.15) is 0 Å². The van der Waals surface area contributed by atoms with Crippen molar-refractivity contribution in [1.82, 2.24) is 4.98 Å². The van der Waals surface area contributed by atoms with E-state index in [9.17, 15) is 0 Å². The number of halogens is 2. The Morgan fingerprint density at radius 3 is 2.86 bits per heavy atom. The molecule has 0 unspecified atom stereocenters. The Hall–Kier alpha value is -1.17. The molecule has 4 heteroatoms. The second-order valence-electron chi connectivity index (χ2n) is 2.96. The Labute approximate surface area is 91.1 Å². The minimum atomic E-state index is 0.358. The highest BCUT2D eigenvalue weighted by molar-refractivity contribution is 6.38. The van der Waals surface area contributed by atoms with Gasteiger partial charge in [-0.15, -0.1) is 0 Å². The SMILES string of the molecule is N#CCc1c[nH]c2c(Cl)cc(Cl)cc12. The Kier molecular flexibility index (Phi) is 2.37. The fraction of sp³-hybridized carbons (Fsp3) is 0.100. The molecule has 2 aromatic rings. The van der Waals surface area contributed by atoms with E-state index in [1.165, 1.54) is 0 Å². The maximum Gasteiger partial charge on any atom is 0.0670 e. The molecule has 0 aliphatic rings. The minimum Gasteiger partial charge on any atom is -0.360 e. The van der Waals surface area contributed by atoms with E-state index in [4.69, 9.17) is 28.5 Å². The van der Waals surface area contributed by atoms with Crippen LogP contribution in [0, 0.1) is 11.3 Å². The largest absolute Gasteiger partial charge is 0.360 e. The molecular formula is C10H6Cl2N2. The lowest BCUT2D eigenvalue weighted by molar-refractivity contribution is 1.28. The van der Waals surface area contributed by atoms with Crippen LogP contribution in [-0.2, 0) is 6.42 Å². The number of rotatable bonds is 1. The van der Waals surface area contributed by atoms with Gasteiger partial charge < -0.3 is 4.98 Å². The van der Waals surface area contributed by atoms with Crippen molar-refractivity contribution < 1.29 is 0 Å². The lowest BCUT2D eigenvalue weighted by Crippen LogP contribution is -1.77. The number of nitriles is 1. The summed E-state index contributed by atoms with van der Waals surface area (Å²) in [6, 6.07) is 5.59. The van der Waals surface area contributed by atoms with Crippen molar-refractivity contribution in [3.8, 4) is 6.07 Å². The summed E-state index contributed by atoms with van der Waals surface area (Å²) in [5.74, 6) is 0. The fourth-order valence-electron chi connectivity index (χ4n) is 1.44. The second-order valence-corrected chi connectivity index (χ2v) is 3.80. The second kappa shape index (κ2) is 3.53. The average molecular weight is 225 g/mol. The monoisotopic (exact) mass is 224 g/mol. The number of fused-ring (bicyclic) bond motifs is 1. The fourth-order valence-corrected chi connectivity index (χ4v) is 1.99. The van der Waals surface area contributed by atoms with E-state index in [0.29, 0.717) is 16.5 Å². The van der Waals surface area contributed by atoms with E-state index in [0.717, 1.165) is 16.5 Å². The number of aromatic amines is 1. The molecular weight excluding hydrogens is 219 g/mol. The van der Waals surface area contributed by atoms with Gasteiger partial charge >= 0.3 is 0 Å². The molecule has 70 valence electrons. The molecule has 1 aromatic heterocycles. The summed E-state index contributed by atoms with van der Waals surface area (Å²) < 4.78 is 0. The van der Waals surface area contributed by atoms with Gasteiger partial charge in [0.2, 0.25) is 0 Å². The van der Waals surface area contributed by atoms with Crippen LogP contribution in [0.1, 0.15) is 5.56 Å². The van der Waals surface area contributed by atoms with Gasteiger partial charge in [-0.2, -0.15) is 5.26 Å². The molecule has 0 amide bonds. The zero-order valence-corrected chi connectivity index (χ0v) is 8.65. The number of hydrogen-bond donors (Lipinski definition) is 1. The molecule has 0 saturated heterocycles. The number of hydrogen-bond acceptors (Lipinski definition) is 1. The summed E-state index contributed by atoms with van der Waals surface area (Å²) in [4.78, 5) is 3.03. The van der Waals surface area contributed by atoms with Crippen LogP contribution >= 0.6 is 23.2 Å². The molecule has 14 heavy (non-hydrogen) atoms. The van der Waals surface area contributed by atoms with Gasteiger partial charge in [-0.1, -0.05) is 23.2 Å². The Balaban J connectivity index is 2.73. The van der Waals surface area contributed by atoms with Crippen LogP contribution in [0.15, 0.2) is 18.3 Å². The van der Waals surface area contributed by atoms with Crippen LogP contribution in [0.25, 0.3) is 10.9 Å². The molecule has 1 aromatic carbocycles. The molecule has 1 N–H and O–H groups in total. The molecule has 0 radical (unpaired) electrons. The zero-order valence-electron chi connectivity index (χ0n) is 7.14. The van der Waals surface area contributed by atoms with Gasteiger partial charge in [-0.05, 0) is 17.7 Å². The summed E-state index contributed by atoms with van der Waals surface area (Å²) in [6.07, 6.45) is 2.15. The summed E-state index contributed by atoms with van der Waals surface area (Å²) in [5, 5.41) is 10.7. The number of nitrogens with one attached hydrogen (secondary N) is 1. The summed E-state index contributed by atoms with van der Waals surface area (Å²) in [6.45, 7) is 0. The van der Waals surface area contributed by atoms with Crippen molar-refractivity contribution in [2.75, 3.05) is 0 Å². The van der Waals surface area contributed by atoms with E-state index in [2.05, 4.69) is 11.1 Å². The van der Waals surface area contributed by atoms with Crippen molar-refractivity contribution >= 4 is 34.1 Å². The quantitative estimate of drug-likeness (QED) is 0.791. The number of benzene rings is 1. The van der Waals surface area contributed by atoms with Crippen LogP contribution in [-0.4, -0.2) is 4.98 Å². The van der Waals surface area contributed by atoms with Gasteiger partial charge in [0.05, 0.1) is 23.0 Å². The number of H-pyrrole nitrogens is 1. The molecule has 0 aliphatic heterocycles. The smallest absolute Gasteiger partial charge is 0.0670 e. The normalized spacial score (nSPS) is 10.4. The predicted molar refractivity (Wildman–Crippen MR) is 57.6 cm³/mol. The van der Waals surface area contributed by atoms with Crippen LogP contribution in [0.2, 0.25) is 10.0 Å². The lowest BCUT2D eigenvalue weighted by Gasteiger charge is -1.96. The number of aromatic nitrogens is 1. The van der Waals surface area contributed by atoms with Crippen molar-refractivity contribution in [1.29, 1.82) is 5.26 Å². The first-order valence-electron chi connectivity index (χ1n) is 4.04. The predicted octanol–water partition coefficient (Wildman–Crippen LogP) is 3.54. The van der Waals surface area contributed by atoms with Gasteiger partial charge in [0, 0.05) is 16.6 Å². The summed E-state index contributed by atoms with van der Waals surface area (Å²) in [5.41, 5.74) is 1.76. The summed E-state index contributed by atoms with van der Waals surface area (Å²) >= 11 is 11.8. The molecule has 0 atom stereocenters. The Morgan fingerprint density at radius 2 is 2.14 bits per heavy atom. The van der Waals surface area contributed by atoms with E-state index in [1.54, 1.807) is 12.3 Å². The van der Waals surface area contributed by atoms with Crippen molar-refractivity contribution in [2.45, 2.75) is 6.42 Å². The standard InChI is InChI=1S/C10H6Cl2N2/c11-7-3-8-6(1-2-13)5-14-10(8)9(12)4-7/h3-5,14H,1H2. The van der Waals surface area contributed by atoms with Crippen LogP contribution in [0.5, 0.6) is 0 Å². The van der Waals surface area contributed by atoms with Crippen LogP contribution in [0.4, 0.5) is 0 Å². The Morgan fingerprint density at radius 1 is 1.36 bits per heavy atom. The molecule has 0 saturated carbocycles. The lowest BCUT2D eigenvalue weighted by atomic mass is 10.1. The highest BCUT2D eigenvalue weighted by Crippen LogP contribution is 2.29. The van der Waals surface area contributed by atoms with E-state index >= 15 is 0 Å². The van der Waals surface area contributed by atoms with Crippen LogP contribution < -0.4 is 0 Å². The van der Waals surface area contributed by atoms with E-state index in [1.807, 2.05) is 6.07 Å². The van der Waals surface area contributed by atoms with Crippen molar-refractivity contribution in [2.24, 2.45) is 0 Å². The molecule has 0 fully saturated rings. The minimum absolute atomic E-state index is 0.358.